The topological polar surface area (TPSA) is 46.0 Å². The van der Waals surface area contributed by atoms with Gasteiger partial charge in [-0.1, -0.05) is 6.92 Å². The highest BCUT2D eigenvalue weighted by molar-refractivity contribution is 7.99. The molecule has 0 amide bonds. The maximum absolute atomic E-state index is 9.35. The van der Waals surface area contributed by atoms with Crippen molar-refractivity contribution in [3.05, 3.63) is 17.0 Å². The van der Waals surface area contributed by atoms with Crippen LogP contribution in [0.1, 0.15) is 19.4 Å². The molecule has 14 heavy (non-hydrogen) atoms. The lowest BCUT2D eigenvalue weighted by Crippen LogP contribution is -2.15. The lowest BCUT2D eigenvalue weighted by atomic mass is 10.3. The molecule has 0 aliphatic heterocycles. The Balaban J connectivity index is 2.80. The number of rotatable bonds is 3. The van der Waals surface area contributed by atoms with E-state index in [4.69, 9.17) is 11.6 Å². The predicted molar refractivity (Wildman–Crippen MR) is 58.8 cm³/mol. The Morgan fingerprint density at radius 3 is 2.71 bits per heavy atom. The number of aromatic nitrogens is 2. The number of hydrogen-bond donors (Lipinski definition) is 1. The van der Waals surface area contributed by atoms with Crippen LogP contribution in [-0.2, 0) is 0 Å². The number of hydrogen-bond acceptors (Lipinski definition) is 4. The fourth-order valence-corrected chi connectivity index (χ4v) is 1.91. The first-order valence-corrected chi connectivity index (χ1v) is 5.60. The van der Waals surface area contributed by atoms with Crippen LogP contribution in [0.4, 0.5) is 0 Å². The molecule has 0 fully saturated rings. The molecule has 1 aromatic rings. The van der Waals surface area contributed by atoms with Gasteiger partial charge in [-0.15, -0.1) is 11.8 Å². The van der Waals surface area contributed by atoms with Gasteiger partial charge in [-0.2, -0.15) is 0 Å². The van der Waals surface area contributed by atoms with E-state index in [0.29, 0.717) is 0 Å². The molecule has 2 atom stereocenters. The first-order valence-electron chi connectivity index (χ1n) is 4.34. The highest BCUT2D eigenvalue weighted by atomic mass is 35.5. The van der Waals surface area contributed by atoms with Gasteiger partial charge in [0.1, 0.15) is 5.03 Å². The Hall–Kier alpha value is -0.320. The molecule has 0 saturated heterocycles. The largest absolute Gasteiger partial charge is 0.392 e. The third-order valence-corrected chi connectivity index (χ3v) is 3.46. The van der Waals surface area contributed by atoms with E-state index < -0.39 is 0 Å². The summed E-state index contributed by atoms with van der Waals surface area (Å²) in [7, 11) is 0. The van der Waals surface area contributed by atoms with E-state index in [1.54, 1.807) is 13.1 Å². The Morgan fingerprint density at radius 1 is 1.50 bits per heavy atom. The summed E-state index contributed by atoms with van der Waals surface area (Å²) < 4.78 is 0. The summed E-state index contributed by atoms with van der Waals surface area (Å²) in [6, 6.07) is 0. The summed E-state index contributed by atoms with van der Waals surface area (Å²) >= 11 is 7.19. The second kappa shape index (κ2) is 4.96. The van der Waals surface area contributed by atoms with E-state index in [0.717, 1.165) is 10.6 Å². The summed E-state index contributed by atoms with van der Waals surface area (Å²) in [5.41, 5.74) is 0.979. The summed E-state index contributed by atoms with van der Waals surface area (Å²) in [6.45, 7) is 5.63. The molecule has 0 spiro atoms. The van der Waals surface area contributed by atoms with Crippen molar-refractivity contribution in [2.24, 2.45) is 0 Å². The predicted octanol–water partition coefficient (Wildman–Crippen LogP) is 2.30. The molecule has 0 aliphatic carbocycles. The molecule has 0 aromatic carbocycles. The van der Waals surface area contributed by atoms with Gasteiger partial charge in [0.25, 0.3) is 0 Å². The van der Waals surface area contributed by atoms with E-state index in [1.807, 2.05) is 13.8 Å². The van der Waals surface area contributed by atoms with Crippen LogP contribution in [0, 0.1) is 6.92 Å². The molecule has 0 bridgehead atoms. The van der Waals surface area contributed by atoms with Gasteiger partial charge < -0.3 is 5.11 Å². The second-order valence-electron chi connectivity index (χ2n) is 3.19. The maximum atomic E-state index is 9.35. The van der Waals surface area contributed by atoms with Crippen molar-refractivity contribution in [2.45, 2.75) is 37.2 Å². The smallest absolute Gasteiger partial charge is 0.223 e. The molecule has 1 aromatic heterocycles. The van der Waals surface area contributed by atoms with E-state index in [9.17, 15) is 5.11 Å². The standard InChI is InChI=1S/C9H13ClN2OS/c1-5-4-11-9(10)12-8(5)14-7(3)6(2)13/h4,6-7,13H,1-3H3. The lowest BCUT2D eigenvalue weighted by Gasteiger charge is -2.14. The number of halogens is 1. The van der Waals surface area contributed by atoms with E-state index in [2.05, 4.69) is 9.97 Å². The zero-order valence-electron chi connectivity index (χ0n) is 8.36. The second-order valence-corrected chi connectivity index (χ2v) is 4.89. The number of aryl methyl sites for hydroxylation is 1. The van der Waals surface area contributed by atoms with Crippen LogP contribution in [0.2, 0.25) is 5.28 Å². The molecule has 1 rings (SSSR count). The van der Waals surface area contributed by atoms with Crippen molar-refractivity contribution in [2.75, 3.05) is 0 Å². The monoisotopic (exact) mass is 232 g/mol. The first-order chi connectivity index (χ1) is 6.50. The number of aliphatic hydroxyl groups is 1. The molecular formula is C9H13ClN2OS. The van der Waals surface area contributed by atoms with Gasteiger partial charge in [-0.25, -0.2) is 9.97 Å². The van der Waals surface area contributed by atoms with Crippen LogP contribution in [0.5, 0.6) is 0 Å². The average Bonchev–Trinajstić information content (AvgIpc) is 2.11. The number of nitrogens with zero attached hydrogens (tertiary/aromatic N) is 2. The molecule has 1 N–H and O–H groups in total. The van der Waals surface area contributed by atoms with Gasteiger partial charge in [-0.05, 0) is 31.0 Å². The molecule has 0 aliphatic rings. The molecule has 1 heterocycles. The van der Waals surface area contributed by atoms with Crippen LogP contribution in [-0.4, -0.2) is 26.4 Å². The third kappa shape index (κ3) is 3.12. The third-order valence-electron chi connectivity index (χ3n) is 1.87. The van der Waals surface area contributed by atoms with Crippen molar-refractivity contribution >= 4 is 23.4 Å². The molecule has 0 saturated carbocycles. The molecule has 0 radical (unpaired) electrons. The van der Waals surface area contributed by atoms with Crippen molar-refractivity contribution < 1.29 is 5.11 Å². The summed E-state index contributed by atoms with van der Waals surface area (Å²) in [6.07, 6.45) is 1.32. The Kier molecular flexibility index (Phi) is 4.16. The quantitative estimate of drug-likeness (QED) is 0.494. The normalized spacial score (nSPS) is 15.2. The zero-order chi connectivity index (χ0) is 10.7. The van der Waals surface area contributed by atoms with Gasteiger partial charge >= 0.3 is 0 Å². The van der Waals surface area contributed by atoms with Gasteiger partial charge in [0.15, 0.2) is 0 Å². The van der Waals surface area contributed by atoms with Crippen LogP contribution in [0.3, 0.4) is 0 Å². The number of aliphatic hydroxyl groups excluding tert-OH is 1. The van der Waals surface area contributed by atoms with Crippen LogP contribution in [0.15, 0.2) is 11.2 Å². The summed E-state index contributed by atoms with van der Waals surface area (Å²) in [4.78, 5) is 7.97. The zero-order valence-corrected chi connectivity index (χ0v) is 9.93. The van der Waals surface area contributed by atoms with Gasteiger partial charge in [-0.3, -0.25) is 0 Å². The van der Waals surface area contributed by atoms with Crippen LogP contribution >= 0.6 is 23.4 Å². The van der Waals surface area contributed by atoms with Crippen LogP contribution < -0.4 is 0 Å². The fourth-order valence-electron chi connectivity index (χ4n) is 0.800. The van der Waals surface area contributed by atoms with Crippen LogP contribution in [0.25, 0.3) is 0 Å². The van der Waals surface area contributed by atoms with Gasteiger partial charge in [0.05, 0.1) is 6.10 Å². The molecule has 2 unspecified atom stereocenters. The molecule has 3 nitrogen and oxygen atoms in total. The van der Waals surface area contributed by atoms with Gasteiger partial charge in [0.2, 0.25) is 5.28 Å². The molecule has 78 valence electrons. The van der Waals surface area contributed by atoms with E-state index >= 15 is 0 Å². The minimum atomic E-state index is -0.367. The van der Waals surface area contributed by atoms with E-state index in [-0.39, 0.29) is 16.6 Å². The Labute approximate surface area is 92.9 Å². The molecular weight excluding hydrogens is 220 g/mol. The van der Waals surface area contributed by atoms with Crippen molar-refractivity contribution in [1.29, 1.82) is 0 Å². The highest BCUT2D eigenvalue weighted by Gasteiger charge is 2.13. The molecule has 5 heteroatoms. The van der Waals surface area contributed by atoms with Gasteiger partial charge in [0, 0.05) is 11.4 Å². The summed E-state index contributed by atoms with van der Waals surface area (Å²) in [5, 5.41) is 10.5. The summed E-state index contributed by atoms with van der Waals surface area (Å²) in [5.74, 6) is 0. The highest BCUT2D eigenvalue weighted by Crippen LogP contribution is 2.26. The van der Waals surface area contributed by atoms with Crippen molar-refractivity contribution in [3.63, 3.8) is 0 Å². The number of thioether (sulfide) groups is 1. The Bertz CT molecular complexity index is 320. The maximum Gasteiger partial charge on any atom is 0.223 e. The first kappa shape index (κ1) is 11.8. The van der Waals surface area contributed by atoms with Crippen molar-refractivity contribution in [3.8, 4) is 0 Å². The lowest BCUT2D eigenvalue weighted by molar-refractivity contribution is 0.196. The minimum Gasteiger partial charge on any atom is -0.392 e. The average molecular weight is 233 g/mol. The minimum absolute atomic E-state index is 0.0969. The van der Waals surface area contributed by atoms with Crippen molar-refractivity contribution in [1.82, 2.24) is 9.97 Å². The fraction of sp³-hybridized carbons (Fsp3) is 0.556. The van der Waals surface area contributed by atoms with E-state index in [1.165, 1.54) is 11.8 Å². The Morgan fingerprint density at radius 2 is 2.14 bits per heavy atom. The SMILES string of the molecule is Cc1cnc(Cl)nc1SC(C)C(C)O.